The minimum atomic E-state index is -3.21. The number of carbonyl (C=O) groups excluding carboxylic acids is 1. The average Bonchev–Trinajstić information content (AvgIpc) is 2.36. The van der Waals surface area contributed by atoms with E-state index in [0.717, 1.165) is 6.26 Å². The van der Waals surface area contributed by atoms with E-state index in [1.807, 2.05) is 0 Å². The van der Waals surface area contributed by atoms with Gasteiger partial charge in [-0.15, -0.1) is 0 Å². The van der Waals surface area contributed by atoms with Gasteiger partial charge in [-0.2, -0.15) is 8.78 Å². The van der Waals surface area contributed by atoms with Crippen molar-refractivity contribution in [3.05, 3.63) is 24.3 Å². The highest BCUT2D eigenvalue weighted by atomic mass is 32.2. The Balaban J connectivity index is 2.70. The molecular formula is C12H16F2N2O3S2. The molecule has 0 saturated carbocycles. The number of halogens is 2. The first-order chi connectivity index (χ1) is 9.69. The summed E-state index contributed by atoms with van der Waals surface area (Å²) in [7, 11) is -3.21. The van der Waals surface area contributed by atoms with Crippen LogP contribution in [0.2, 0.25) is 0 Å². The van der Waals surface area contributed by atoms with Crippen LogP contribution in [0.1, 0.15) is 6.42 Å². The standard InChI is InChI=1S/C12H16F2N2O3S2/c1-21(18,19)7-6-8(15)11(17)16-9-4-2-3-5-10(9)20-12(13)14/h2-5,8,12H,6-7,15H2,1H3,(H,16,17). The third-order valence-electron chi connectivity index (χ3n) is 2.50. The lowest BCUT2D eigenvalue weighted by atomic mass is 10.2. The van der Waals surface area contributed by atoms with Gasteiger partial charge in [-0.05, 0) is 18.6 Å². The molecule has 0 aliphatic rings. The van der Waals surface area contributed by atoms with Gasteiger partial charge >= 0.3 is 0 Å². The number of benzene rings is 1. The van der Waals surface area contributed by atoms with E-state index in [0.29, 0.717) is 11.8 Å². The van der Waals surface area contributed by atoms with Crippen LogP contribution in [-0.2, 0) is 14.6 Å². The molecule has 5 nitrogen and oxygen atoms in total. The summed E-state index contributed by atoms with van der Waals surface area (Å²) >= 11 is 0.312. The summed E-state index contributed by atoms with van der Waals surface area (Å²) < 4.78 is 46.9. The fourth-order valence-corrected chi connectivity index (χ4v) is 2.74. The van der Waals surface area contributed by atoms with Crippen molar-refractivity contribution in [2.45, 2.75) is 23.1 Å². The second kappa shape index (κ2) is 7.71. The van der Waals surface area contributed by atoms with Crippen molar-refractivity contribution in [2.24, 2.45) is 5.73 Å². The molecule has 0 heterocycles. The van der Waals surface area contributed by atoms with Crippen molar-refractivity contribution in [1.82, 2.24) is 0 Å². The lowest BCUT2D eigenvalue weighted by Crippen LogP contribution is -2.37. The van der Waals surface area contributed by atoms with Crippen molar-refractivity contribution < 1.29 is 22.0 Å². The maximum Gasteiger partial charge on any atom is 0.288 e. The predicted octanol–water partition coefficient (Wildman–Crippen LogP) is 1.70. The number of anilines is 1. The molecule has 0 aliphatic heterocycles. The Labute approximate surface area is 126 Å². The molecule has 1 unspecified atom stereocenters. The number of thioether (sulfide) groups is 1. The molecule has 0 fully saturated rings. The first-order valence-electron chi connectivity index (χ1n) is 5.97. The summed E-state index contributed by atoms with van der Waals surface area (Å²) in [5.74, 6) is -3.43. The third-order valence-corrected chi connectivity index (χ3v) is 4.26. The molecule has 0 spiro atoms. The largest absolute Gasteiger partial charge is 0.324 e. The third kappa shape index (κ3) is 6.87. The van der Waals surface area contributed by atoms with Crippen molar-refractivity contribution in [2.75, 3.05) is 17.3 Å². The normalized spacial score (nSPS) is 13.2. The van der Waals surface area contributed by atoms with Crippen molar-refractivity contribution in [1.29, 1.82) is 0 Å². The number of alkyl halides is 2. The molecule has 0 aliphatic carbocycles. The highest BCUT2D eigenvalue weighted by molar-refractivity contribution is 7.99. The zero-order chi connectivity index (χ0) is 16.0. The van der Waals surface area contributed by atoms with E-state index in [2.05, 4.69) is 5.32 Å². The van der Waals surface area contributed by atoms with Crippen LogP contribution in [0.3, 0.4) is 0 Å². The van der Waals surface area contributed by atoms with Crippen LogP contribution in [0.5, 0.6) is 0 Å². The van der Waals surface area contributed by atoms with E-state index in [-0.39, 0.29) is 22.8 Å². The molecule has 1 atom stereocenters. The van der Waals surface area contributed by atoms with Crippen LogP contribution in [-0.4, -0.2) is 38.1 Å². The summed E-state index contributed by atoms with van der Waals surface area (Å²) in [6, 6.07) is 5.07. The number of carbonyl (C=O) groups is 1. The van der Waals surface area contributed by atoms with Gasteiger partial charge in [0, 0.05) is 11.2 Å². The summed E-state index contributed by atoms with van der Waals surface area (Å²) in [5.41, 5.74) is 5.82. The highest BCUT2D eigenvalue weighted by Crippen LogP contribution is 2.31. The van der Waals surface area contributed by atoms with Crippen molar-refractivity contribution in [3.8, 4) is 0 Å². The molecular weight excluding hydrogens is 322 g/mol. The van der Waals surface area contributed by atoms with Crippen LogP contribution in [0, 0.1) is 0 Å². The number of para-hydroxylation sites is 1. The number of nitrogens with one attached hydrogen (secondary N) is 1. The molecule has 1 aromatic rings. The van der Waals surface area contributed by atoms with Gasteiger partial charge in [0.25, 0.3) is 5.76 Å². The molecule has 0 aromatic heterocycles. The van der Waals surface area contributed by atoms with E-state index >= 15 is 0 Å². The van der Waals surface area contributed by atoms with E-state index < -0.39 is 27.5 Å². The molecule has 0 saturated heterocycles. The average molecular weight is 338 g/mol. The number of amides is 1. The minimum absolute atomic E-state index is 0.0329. The number of sulfone groups is 1. The Bertz CT molecular complexity index is 594. The number of nitrogens with two attached hydrogens (primary N) is 1. The lowest BCUT2D eigenvalue weighted by Gasteiger charge is -2.14. The minimum Gasteiger partial charge on any atom is -0.324 e. The molecule has 1 aromatic carbocycles. The SMILES string of the molecule is CS(=O)(=O)CCC(N)C(=O)Nc1ccccc1SC(F)F. The second-order valence-electron chi connectivity index (χ2n) is 4.39. The molecule has 0 radical (unpaired) electrons. The fourth-order valence-electron chi connectivity index (χ4n) is 1.47. The summed E-state index contributed by atoms with van der Waals surface area (Å²) in [4.78, 5) is 12.1. The van der Waals surface area contributed by atoms with Gasteiger partial charge < -0.3 is 11.1 Å². The molecule has 21 heavy (non-hydrogen) atoms. The van der Waals surface area contributed by atoms with E-state index in [1.54, 1.807) is 12.1 Å². The van der Waals surface area contributed by atoms with Gasteiger partial charge in [0.05, 0.1) is 17.5 Å². The van der Waals surface area contributed by atoms with Crippen molar-refractivity contribution >= 4 is 33.2 Å². The quantitative estimate of drug-likeness (QED) is 0.739. The number of rotatable bonds is 7. The van der Waals surface area contributed by atoms with Gasteiger partial charge in [-0.1, -0.05) is 23.9 Å². The summed E-state index contributed by atoms with van der Waals surface area (Å²) in [6.45, 7) is 0. The Hall–Kier alpha value is -1.19. The smallest absolute Gasteiger partial charge is 0.288 e. The van der Waals surface area contributed by atoms with Gasteiger partial charge in [-0.3, -0.25) is 4.79 Å². The maximum absolute atomic E-state index is 12.4. The molecule has 1 amide bonds. The summed E-state index contributed by atoms with van der Waals surface area (Å²) in [5, 5.41) is 2.44. The highest BCUT2D eigenvalue weighted by Gasteiger charge is 2.18. The topological polar surface area (TPSA) is 89.3 Å². The molecule has 9 heteroatoms. The first kappa shape index (κ1) is 17.9. The van der Waals surface area contributed by atoms with E-state index in [4.69, 9.17) is 5.73 Å². The summed E-state index contributed by atoms with van der Waals surface area (Å²) in [6.07, 6.45) is 1.01. The first-order valence-corrected chi connectivity index (χ1v) is 8.91. The van der Waals surface area contributed by atoms with Crippen LogP contribution in [0.4, 0.5) is 14.5 Å². The number of hydrogen-bond acceptors (Lipinski definition) is 5. The Kier molecular flexibility index (Phi) is 6.56. The predicted molar refractivity (Wildman–Crippen MR) is 79.2 cm³/mol. The maximum atomic E-state index is 12.4. The Morgan fingerprint density at radius 3 is 2.57 bits per heavy atom. The van der Waals surface area contributed by atoms with Gasteiger partial charge in [0.15, 0.2) is 0 Å². The second-order valence-corrected chi connectivity index (χ2v) is 7.68. The Morgan fingerprint density at radius 2 is 2.00 bits per heavy atom. The van der Waals surface area contributed by atoms with Crippen LogP contribution in [0.15, 0.2) is 29.2 Å². The van der Waals surface area contributed by atoms with Crippen LogP contribution in [0.25, 0.3) is 0 Å². The fraction of sp³-hybridized carbons (Fsp3) is 0.417. The van der Waals surface area contributed by atoms with E-state index in [9.17, 15) is 22.0 Å². The van der Waals surface area contributed by atoms with Gasteiger partial charge in [0.2, 0.25) is 5.91 Å². The molecule has 1 rings (SSSR count). The molecule has 0 bridgehead atoms. The van der Waals surface area contributed by atoms with Crippen LogP contribution < -0.4 is 11.1 Å². The van der Waals surface area contributed by atoms with E-state index in [1.165, 1.54) is 12.1 Å². The zero-order valence-corrected chi connectivity index (χ0v) is 12.9. The monoisotopic (exact) mass is 338 g/mol. The zero-order valence-electron chi connectivity index (χ0n) is 11.3. The molecule has 118 valence electrons. The van der Waals surface area contributed by atoms with Gasteiger partial charge in [-0.25, -0.2) is 8.42 Å². The van der Waals surface area contributed by atoms with Crippen LogP contribution >= 0.6 is 11.8 Å². The lowest BCUT2D eigenvalue weighted by molar-refractivity contribution is -0.117. The van der Waals surface area contributed by atoms with Crippen molar-refractivity contribution in [3.63, 3.8) is 0 Å². The Morgan fingerprint density at radius 1 is 1.38 bits per heavy atom. The van der Waals surface area contributed by atoms with Gasteiger partial charge in [0.1, 0.15) is 9.84 Å². The number of hydrogen-bond donors (Lipinski definition) is 2. The molecule has 3 N–H and O–H groups in total.